The smallest absolute Gasteiger partial charge is 0.274 e. The van der Waals surface area contributed by atoms with E-state index in [-0.39, 0.29) is 5.56 Å². The molecule has 0 aliphatic carbocycles. The Hall–Kier alpha value is -3.19. The number of halogens is 1. The van der Waals surface area contributed by atoms with Crippen LogP contribution >= 0.6 is 11.3 Å². The molecule has 0 saturated carbocycles. The summed E-state index contributed by atoms with van der Waals surface area (Å²) >= 11 is 1.62. The zero-order chi connectivity index (χ0) is 19.1. The summed E-state index contributed by atoms with van der Waals surface area (Å²) in [6.45, 7) is 0.458. The van der Waals surface area contributed by atoms with Crippen molar-refractivity contribution in [3.63, 3.8) is 0 Å². The summed E-state index contributed by atoms with van der Waals surface area (Å²) in [7, 11) is 1.55. The second-order valence-electron chi connectivity index (χ2n) is 5.46. The van der Waals surface area contributed by atoms with Gasteiger partial charge in [0.25, 0.3) is 5.91 Å². The van der Waals surface area contributed by atoms with Crippen molar-refractivity contribution in [2.24, 2.45) is 5.10 Å². The van der Waals surface area contributed by atoms with Gasteiger partial charge in [-0.25, -0.2) is 9.82 Å². The third-order valence-electron chi connectivity index (χ3n) is 3.64. The summed E-state index contributed by atoms with van der Waals surface area (Å²) in [6, 6.07) is 15.0. The van der Waals surface area contributed by atoms with E-state index in [1.165, 1.54) is 24.4 Å². The second kappa shape index (κ2) is 8.95. The van der Waals surface area contributed by atoms with Gasteiger partial charge in [0.05, 0.1) is 18.9 Å². The van der Waals surface area contributed by atoms with Crippen LogP contribution in [0.15, 0.2) is 65.1 Å². The van der Waals surface area contributed by atoms with Crippen LogP contribution in [0.1, 0.15) is 20.8 Å². The molecule has 1 aromatic heterocycles. The number of amides is 1. The number of nitrogens with zero attached hydrogens (tertiary/aromatic N) is 1. The van der Waals surface area contributed by atoms with Gasteiger partial charge >= 0.3 is 0 Å². The first-order valence-corrected chi connectivity index (χ1v) is 8.96. The number of hydrogen-bond donors (Lipinski definition) is 1. The summed E-state index contributed by atoms with van der Waals surface area (Å²) in [5.41, 5.74) is 2.94. The van der Waals surface area contributed by atoms with Gasteiger partial charge in [-0.15, -0.1) is 11.3 Å². The van der Waals surface area contributed by atoms with Crippen molar-refractivity contribution in [2.45, 2.75) is 6.61 Å². The topological polar surface area (TPSA) is 59.9 Å². The highest BCUT2D eigenvalue weighted by atomic mass is 32.1. The number of methoxy groups -OCH3 is 1. The summed E-state index contributed by atoms with van der Waals surface area (Å²) in [4.78, 5) is 13.0. The fourth-order valence-electron chi connectivity index (χ4n) is 2.30. The Labute approximate surface area is 160 Å². The molecule has 2 aromatic carbocycles. The highest BCUT2D eigenvalue weighted by Gasteiger charge is 2.09. The SMILES string of the molecule is COc1cc(/C=N\NC(=O)c2ccccc2F)ccc1OCc1cccs1. The highest BCUT2D eigenvalue weighted by Crippen LogP contribution is 2.28. The van der Waals surface area contributed by atoms with Gasteiger partial charge in [-0.1, -0.05) is 18.2 Å². The largest absolute Gasteiger partial charge is 0.493 e. The van der Waals surface area contributed by atoms with Crippen LogP contribution in [0.3, 0.4) is 0 Å². The molecule has 0 bridgehead atoms. The van der Waals surface area contributed by atoms with Crippen LogP contribution in [0, 0.1) is 5.82 Å². The molecule has 0 radical (unpaired) electrons. The highest BCUT2D eigenvalue weighted by molar-refractivity contribution is 7.09. The van der Waals surface area contributed by atoms with Gasteiger partial charge in [0.2, 0.25) is 0 Å². The molecule has 1 N–H and O–H groups in total. The van der Waals surface area contributed by atoms with E-state index < -0.39 is 11.7 Å². The average molecular weight is 384 g/mol. The molecule has 0 aliphatic rings. The minimum absolute atomic E-state index is 0.0652. The Bertz CT molecular complexity index is 942. The molecule has 0 atom stereocenters. The van der Waals surface area contributed by atoms with E-state index in [0.717, 1.165) is 4.88 Å². The van der Waals surface area contributed by atoms with Crippen molar-refractivity contribution in [1.82, 2.24) is 5.43 Å². The van der Waals surface area contributed by atoms with E-state index in [1.807, 2.05) is 17.5 Å². The van der Waals surface area contributed by atoms with Gasteiger partial charge in [0.1, 0.15) is 12.4 Å². The van der Waals surface area contributed by atoms with Gasteiger partial charge in [0, 0.05) is 4.88 Å². The van der Waals surface area contributed by atoms with Crippen molar-refractivity contribution in [3.8, 4) is 11.5 Å². The quantitative estimate of drug-likeness (QED) is 0.490. The van der Waals surface area contributed by atoms with E-state index in [9.17, 15) is 9.18 Å². The van der Waals surface area contributed by atoms with Crippen LogP contribution in [0.4, 0.5) is 4.39 Å². The molecule has 0 fully saturated rings. The molecule has 5 nitrogen and oxygen atoms in total. The maximum atomic E-state index is 13.6. The molecule has 3 rings (SSSR count). The van der Waals surface area contributed by atoms with Crippen LogP contribution in [0.2, 0.25) is 0 Å². The Kier molecular flexibility index (Phi) is 6.17. The van der Waals surface area contributed by atoms with Gasteiger partial charge in [0.15, 0.2) is 11.5 Å². The van der Waals surface area contributed by atoms with Crippen molar-refractivity contribution in [3.05, 3.63) is 81.8 Å². The molecule has 138 valence electrons. The maximum absolute atomic E-state index is 13.6. The minimum Gasteiger partial charge on any atom is -0.493 e. The number of hydrogen-bond acceptors (Lipinski definition) is 5. The summed E-state index contributed by atoms with van der Waals surface area (Å²) in [6.07, 6.45) is 1.45. The van der Waals surface area contributed by atoms with E-state index in [1.54, 1.807) is 42.7 Å². The van der Waals surface area contributed by atoms with Gasteiger partial charge in [-0.3, -0.25) is 4.79 Å². The first kappa shape index (κ1) is 18.6. The fraction of sp³-hybridized carbons (Fsp3) is 0.100. The van der Waals surface area contributed by atoms with E-state index >= 15 is 0 Å². The van der Waals surface area contributed by atoms with E-state index in [2.05, 4.69) is 10.5 Å². The Balaban J connectivity index is 1.63. The molecule has 0 saturated heterocycles. The lowest BCUT2D eigenvalue weighted by atomic mass is 10.2. The first-order chi connectivity index (χ1) is 13.2. The van der Waals surface area contributed by atoms with Crippen molar-refractivity contribution >= 4 is 23.5 Å². The molecule has 1 amide bonds. The lowest BCUT2D eigenvalue weighted by Crippen LogP contribution is -2.18. The number of carbonyl (C=O) groups excluding carboxylic acids is 1. The monoisotopic (exact) mass is 384 g/mol. The third-order valence-corrected chi connectivity index (χ3v) is 4.49. The number of carbonyl (C=O) groups is 1. The molecule has 0 spiro atoms. The summed E-state index contributed by atoms with van der Waals surface area (Å²) in [5.74, 6) is -0.0549. The van der Waals surface area contributed by atoms with Crippen molar-refractivity contribution in [1.29, 1.82) is 0 Å². The molecule has 7 heteroatoms. The molecule has 0 aliphatic heterocycles. The first-order valence-electron chi connectivity index (χ1n) is 8.08. The zero-order valence-corrected chi connectivity index (χ0v) is 15.3. The van der Waals surface area contributed by atoms with E-state index in [0.29, 0.717) is 23.7 Å². The van der Waals surface area contributed by atoms with Crippen LogP contribution in [0.25, 0.3) is 0 Å². The normalized spacial score (nSPS) is 10.7. The molecule has 27 heavy (non-hydrogen) atoms. The Morgan fingerprint density at radius 2 is 2.04 bits per heavy atom. The third kappa shape index (κ3) is 4.92. The number of hydrazone groups is 1. The fourth-order valence-corrected chi connectivity index (χ4v) is 2.91. The number of rotatable bonds is 7. The van der Waals surface area contributed by atoms with Crippen molar-refractivity contribution < 1.29 is 18.7 Å². The minimum atomic E-state index is -0.618. The Morgan fingerprint density at radius 1 is 1.19 bits per heavy atom. The van der Waals surface area contributed by atoms with Gasteiger partial charge in [-0.2, -0.15) is 5.10 Å². The maximum Gasteiger partial charge on any atom is 0.274 e. The molecular weight excluding hydrogens is 367 g/mol. The van der Waals surface area contributed by atoms with Crippen LogP contribution < -0.4 is 14.9 Å². The molecule has 1 heterocycles. The van der Waals surface area contributed by atoms with Crippen molar-refractivity contribution in [2.75, 3.05) is 7.11 Å². The molecule has 0 unspecified atom stereocenters. The molecule has 3 aromatic rings. The summed E-state index contributed by atoms with van der Waals surface area (Å²) < 4.78 is 24.7. The van der Waals surface area contributed by atoms with Gasteiger partial charge < -0.3 is 9.47 Å². The predicted octanol–water partition coefficient (Wildman–Crippen LogP) is 4.24. The lowest BCUT2D eigenvalue weighted by Gasteiger charge is -2.10. The second-order valence-corrected chi connectivity index (χ2v) is 6.49. The van der Waals surface area contributed by atoms with Gasteiger partial charge in [-0.05, 0) is 47.3 Å². The number of nitrogens with one attached hydrogen (secondary N) is 1. The summed E-state index contributed by atoms with van der Waals surface area (Å²) in [5, 5.41) is 5.86. The lowest BCUT2D eigenvalue weighted by molar-refractivity contribution is 0.0951. The number of benzene rings is 2. The molecular formula is C20H17FN2O3S. The number of ether oxygens (including phenoxy) is 2. The van der Waals surface area contributed by atoms with Crippen LogP contribution in [0.5, 0.6) is 11.5 Å². The van der Waals surface area contributed by atoms with Crippen LogP contribution in [-0.2, 0) is 6.61 Å². The zero-order valence-electron chi connectivity index (χ0n) is 14.5. The van der Waals surface area contributed by atoms with E-state index in [4.69, 9.17) is 9.47 Å². The number of thiophene rings is 1. The van der Waals surface area contributed by atoms with Crippen LogP contribution in [-0.4, -0.2) is 19.2 Å². The standard InChI is InChI=1S/C20H17FN2O3S/c1-25-19-11-14(8-9-18(19)26-13-15-5-4-10-27-15)12-22-23-20(24)16-6-2-3-7-17(16)21/h2-12H,13H2,1H3,(H,23,24)/b22-12-. The average Bonchev–Trinajstić information content (AvgIpc) is 3.20. The predicted molar refractivity (Wildman–Crippen MR) is 103 cm³/mol. The Morgan fingerprint density at radius 3 is 2.78 bits per heavy atom.